The number of alkyl halides is 1. The molecule has 1 aliphatic carbocycles. The predicted molar refractivity (Wildman–Crippen MR) is 67.3 cm³/mol. The molecule has 0 aliphatic heterocycles. The molecule has 0 heterocycles. The van der Waals surface area contributed by atoms with Crippen LogP contribution in [0, 0.1) is 19.7 Å². The van der Waals surface area contributed by atoms with Crippen LogP contribution in [0.2, 0.25) is 0 Å². The molecule has 1 atom stereocenters. The van der Waals surface area contributed by atoms with Crippen LogP contribution in [0.1, 0.15) is 36.0 Å². The first kappa shape index (κ1) is 11.7. The summed E-state index contributed by atoms with van der Waals surface area (Å²) in [7, 11) is 0. The predicted octanol–water partition coefficient (Wildman–Crippen LogP) is 4.62. The summed E-state index contributed by atoms with van der Waals surface area (Å²) in [6.45, 7) is 3.88. The summed E-state index contributed by atoms with van der Waals surface area (Å²) in [6.07, 6.45) is 4.99. The lowest BCUT2D eigenvalue weighted by atomic mass is 9.90. The number of hydrogen-bond donors (Lipinski definition) is 0. The molecule has 0 aromatic heterocycles. The molecule has 0 fully saturated rings. The summed E-state index contributed by atoms with van der Waals surface area (Å²) in [5.74, 6) is -0.116. The van der Waals surface area contributed by atoms with E-state index in [9.17, 15) is 4.39 Å². The third-order valence-electron chi connectivity index (χ3n) is 3.06. The van der Waals surface area contributed by atoms with Crippen LogP contribution >= 0.6 is 11.6 Å². The van der Waals surface area contributed by atoms with Gasteiger partial charge in [0.1, 0.15) is 5.82 Å². The normalized spacial score (nSPS) is 20.8. The first-order valence-corrected chi connectivity index (χ1v) is 6.13. The molecule has 1 aliphatic rings. The molecule has 0 nitrogen and oxygen atoms in total. The van der Waals surface area contributed by atoms with Gasteiger partial charge in [0, 0.05) is 5.56 Å². The zero-order valence-corrected chi connectivity index (χ0v) is 10.4. The summed E-state index contributed by atoms with van der Waals surface area (Å²) in [6, 6.07) is 3.62. The molecule has 2 heteroatoms. The molecule has 2 rings (SSSR count). The van der Waals surface area contributed by atoms with Gasteiger partial charge in [-0.25, -0.2) is 4.39 Å². The van der Waals surface area contributed by atoms with Gasteiger partial charge >= 0.3 is 0 Å². The van der Waals surface area contributed by atoms with Gasteiger partial charge in [-0.1, -0.05) is 12.1 Å². The number of rotatable bonds is 1. The fourth-order valence-electron chi connectivity index (χ4n) is 2.40. The monoisotopic (exact) mass is 238 g/mol. The van der Waals surface area contributed by atoms with E-state index in [1.165, 1.54) is 0 Å². The summed E-state index contributed by atoms with van der Waals surface area (Å²) in [5.41, 5.74) is 3.81. The third-order valence-corrected chi connectivity index (χ3v) is 3.41. The molecule has 0 spiro atoms. The number of allylic oxidation sites excluding steroid dienone is 2. The number of halogens is 2. The van der Waals surface area contributed by atoms with Crippen LogP contribution in [0.15, 0.2) is 18.2 Å². The highest BCUT2D eigenvalue weighted by atomic mass is 35.5. The van der Waals surface area contributed by atoms with Crippen molar-refractivity contribution in [3.05, 3.63) is 40.7 Å². The Kier molecular flexibility index (Phi) is 3.34. The Morgan fingerprint density at radius 1 is 1.31 bits per heavy atom. The summed E-state index contributed by atoms with van der Waals surface area (Å²) < 4.78 is 13.9. The molecule has 0 amide bonds. The molecule has 0 saturated heterocycles. The van der Waals surface area contributed by atoms with Gasteiger partial charge in [0.15, 0.2) is 0 Å². The quantitative estimate of drug-likeness (QED) is 0.627. The van der Waals surface area contributed by atoms with Gasteiger partial charge in [0.05, 0.1) is 5.38 Å². The maximum Gasteiger partial charge on any atom is 0.131 e. The smallest absolute Gasteiger partial charge is 0.131 e. The fraction of sp³-hybridized carbons (Fsp3) is 0.429. The largest absolute Gasteiger partial charge is 0.206 e. The van der Waals surface area contributed by atoms with E-state index in [0.717, 1.165) is 41.5 Å². The third kappa shape index (κ3) is 2.30. The van der Waals surface area contributed by atoms with Crippen LogP contribution in [0.3, 0.4) is 0 Å². The minimum absolute atomic E-state index is 0.0591. The van der Waals surface area contributed by atoms with Gasteiger partial charge < -0.3 is 0 Å². The molecule has 0 saturated carbocycles. The van der Waals surface area contributed by atoms with E-state index in [1.807, 2.05) is 26.0 Å². The second-order valence-corrected chi connectivity index (χ2v) is 5.10. The maximum atomic E-state index is 13.9. The molecule has 16 heavy (non-hydrogen) atoms. The Balaban J connectivity index is 2.47. The first-order valence-electron chi connectivity index (χ1n) is 5.70. The molecule has 0 N–H and O–H groups in total. The van der Waals surface area contributed by atoms with Crippen LogP contribution < -0.4 is 0 Å². The molecular formula is C14H16ClF. The molecule has 1 aromatic carbocycles. The number of hydrogen-bond acceptors (Lipinski definition) is 0. The van der Waals surface area contributed by atoms with Gasteiger partial charge in [-0.3, -0.25) is 0 Å². The van der Waals surface area contributed by atoms with Crippen molar-refractivity contribution in [3.63, 3.8) is 0 Å². The standard InChI is InChI=1S/C14H16ClF/c1-9-6-10(2)14(13(16)7-9)11-4-3-5-12(15)8-11/h6-8,12H,3-5H2,1-2H3. The van der Waals surface area contributed by atoms with E-state index in [-0.39, 0.29) is 11.2 Å². The molecule has 1 aromatic rings. The van der Waals surface area contributed by atoms with Crippen molar-refractivity contribution in [1.29, 1.82) is 0 Å². The molecular weight excluding hydrogens is 223 g/mol. The van der Waals surface area contributed by atoms with Crippen molar-refractivity contribution in [3.8, 4) is 0 Å². The Hall–Kier alpha value is -0.820. The number of aryl methyl sites for hydroxylation is 2. The zero-order valence-electron chi connectivity index (χ0n) is 9.69. The average molecular weight is 239 g/mol. The highest BCUT2D eigenvalue weighted by molar-refractivity contribution is 6.22. The van der Waals surface area contributed by atoms with Crippen LogP contribution in [0.25, 0.3) is 5.57 Å². The van der Waals surface area contributed by atoms with Crippen molar-refractivity contribution >= 4 is 17.2 Å². The van der Waals surface area contributed by atoms with Crippen LogP contribution in [-0.4, -0.2) is 5.38 Å². The second kappa shape index (κ2) is 4.58. The maximum absolute atomic E-state index is 13.9. The van der Waals surface area contributed by atoms with E-state index in [4.69, 9.17) is 11.6 Å². The first-order chi connectivity index (χ1) is 7.58. The van der Waals surface area contributed by atoms with Crippen LogP contribution in [0.4, 0.5) is 4.39 Å². The Bertz CT molecular complexity index is 411. The van der Waals surface area contributed by atoms with Crippen LogP contribution in [-0.2, 0) is 0 Å². The van der Waals surface area contributed by atoms with E-state index in [0.29, 0.717) is 0 Å². The van der Waals surface area contributed by atoms with E-state index in [1.54, 1.807) is 6.07 Å². The van der Waals surface area contributed by atoms with E-state index in [2.05, 4.69) is 0 Å². The summed E-state index contributed by atoms with van der Waals surface area (Å²) in [5, 5.41) is 0.0591. The topological polar surface area (TPSA) is 0 Å². The van der Waals surface area contributed by atoms with Crippen molar-refractivity contribution < 1.29 is 4.39 Å². The minimum Gasteiger partial charge on any atom is -0.206 e. The average Bonchev–Trinajstić information content (AvgIpc) is 2.15. The van der Waals surface area contributed by atoms with E-state index < -0.39 is 0 Å². The Labute approximate surface area is 101 Å². The van der Waals surface area contributed by atoms with Crippen LogP contribution in [0.5, 0.6) is 0 Å². The van der Waals surface area contributed by atoms with Crippen molar-refractivity contribution in [1.82, 2.24) is 0 Å². The van der Waals surface area contributed by atoms with Gasteiger partial charge in [0.2, 0.25) is 0 Å². The lowest BCUT2D eigenvalue weighted by Gasteiger charge is -2.19. The van der Waals surface area contributed by atoms with Gasteiger partial charge in [-0.05, 0) is 55.9 Å². The highest BCUT2D eigenvalue weighted by Crippen LogP contribution is 2.32. The fourth-order valence-corrected chi connectivity index (χ4v) is 2.71. The highest BCUT2D eigenvalue weighted by Gasteiger charge is 2.17. The SMILES string of the molecule is Cc1cc(C)c(C2=CC(Cl)CCC2)c(F)c1. The molecule has 0 radical (unpaired) electrons. The van der Waals surface area contributed by atoms with Gasteiger partial charge in [-0.15, -0.1) is 11.6 Å². The lowest BCUT2D eigenvalue weighted by molar-refractivity contribution is 0.618. The lowest BCUT2D eigenvalue weighted by Crippen LogP contribution is -2.05. The van der Waals surface area contributed by atoms with Crippen molar-refractivity contribution in [2.75, 3.05) is 0 Å². The Morgan fingerprint density at radius 2 is 2.06 bits per heavy atom. The second-order valence-electron chi connectivity index (χ2n) is 4.54. The molecule has 86 valence electrons. The van der Waals surface area contributed by atoms with E-state index >= 15 is 0 Å². The van der Waals surface area contributed by atoms with Gasteiger partial charge in [-0.2, -0.15) is 0 Å². The van der Waals surface area contributed by atoms with Gasteiger partial charge in [0.25, 0.3) is 0 Å². The molecule has 1 unspecified atom stereocenters. The van der Waals surface area contributed by atoms with Crippen molar-refractivity contribution in [2.24, 2.45) is 0 Å². The van der Waals surface area contributed by atoms with Crippen molar-refractivity contribution in [2.45, 2.75) is 38.5 Å². The Morgan fingerprint density at radius 3 is 2.69 bits per heavy atom. The minimum atomic E-state index is -0.116. The summed E-state index contributed by atoms with van der Waals surface area (Å²) in [4.78, 5) is 0. The summed E-state index contributed by atoms with van der Waals surface area (Å²) >= 11 is 6.10. The zero-order chi connectivity index (χ0) is 11.7. The molecule has 0 bridgehead atoms. The number of benzene rings is 1.